The third-order valence-electron chi connectivity index (χ3n) is 3.37. The number of ether oxygens (including phenoxy) is 1. The van der Waals surface area contributed by atoms with Crippen molar-refractivity contribution in [2.45, 2.75) is 38.8 Å². The Balaban J connectivity index is 1.96. The molecule has 2 rings (SSSR count). The van der Waals surface area contributed by atoms with Gasteiger partial charge in [0.05, 0.1) is 11.2 Å². The standard InChI is InChI=1S/C15H21F2N3O/c1-2-20-14-6-4-3-5-12(14)13(19-20)9-11(18)7-8-21-10-15(16)17/h3-6,11,15H,2,7-10,18H2,1H3. The number of fused-ring (bicyclic) bond motifs is 1. The normalized spacial score (nSPS) is 13.2. The van der Waals surface area contributed by atoms with Gasteiger partial charge in [-0.05, 0) is 19.4 Å². The third kappa shape index (κ3) is 4.22. The molecule has 4 nitrogen and oxygen atoms in total. The Morgan fingerprint density at radius 2 is 2.10 bits per heavy atom. The minimum Gasteiger partial charge on any atom is -0.375 e. The second-order valence-corrected chi connectivity index (χ2v) is 5.00. The number of nitrogens with zero attached hydrogens (tertiary/aromatic N) is 2. The van der Waals surface area contributed by atoms with E-state index in [1.165, 1.54) is 0 Å². The summed E-state index contributed by atoms with van der Waals surface area (Å²) < 4.78 is 30.7. The fourth-order valence-corrected chi connectivity index (χ4v) is 2.35. The molecule has 0 aliphatic heterocycles. The van der Waals surface area contributed by atoms with E-state index in [1.807, 2.05) is 35.9 Å². The lowest BCUT2D eigenvalue weighted by Gasteiger charge is -2.10. The molecule has 0 radical (unpaired) electrons. The van der Waals surface area contributed by atoms with Crippen molar-refractivity contribution in [3.8, 4) is 0 Å². The van der Waals surface area contributed by atoms with Crippen LogP contribution in [0, 0.1) is 0 Å². The highest BCUT2D eigenvalue weighted by Gasteiger charge is 2.13. The number of benzene rings is 1. The molecular weight excluding hydrogens is 276 g/mol. The van der Waals surface area contributed by atoms with Gasteiger partial charge in [-0.1, -0.05) is 18.2 Å². The van der Waals surface area contributed by atoms with Crippen molar-refractivity contribution in [2.75, 3.05) is 13.2 Å². The molecule has 0 spiro atoms. The molecule has 1 unspecified atom stereocenters. The third-order valence-corrected chi connectivity index (χ3v) is 3.37. The van der Waals surface area contributed by atoms with E-state index in [4.69, 9.17) is 10.5 Å². The predicted molar refractivity (Wildman–Crippen MR) is 78.5 cm³/mol. The SMILES string of the molecule is CCn1nc(CC(N)CCOCC(F)F)c2ccccc21. The smallest absolute Gasteiger partial charge is 0.261 e. The summed E-state index contributed by atoms with van der Waals surface area (Å²) in [6, 6.07) is 7.88. The van der Waals surface area contributed by atoms with Gasteiger partial charge >= 0.3 is 0 Å². The molecule has 0 aliphatic rings. The van der Waals surface area contributed by atoms with Gasteiger partial charge in [0.1, 0.15) is 6.61 Å². The number of nitrogens with two attached hydrogens (primary N) is 1. The zero-order valence-corrected chi connectivity index (χ0v) is 12.1. The van der Waals surface area contributed by atoms with E-state index in [2.05, 4.69) is 5.10 Å². The Labute approximate surface area is 122 Å². The van der Waals surface area contributed by atoms with Crippen LogP contribution in [0.15, 0.2) is 24.3 Å². The summed E-state index contributed by atoms with van der Waals surface area (Å²) in [7, 11) is 0. The fraction of sp³-hybridized carbons (Fsp3) is 0.533. The molecule has 2 aromatic rings. The Kier molecular flexibility index (Phi) is 5.64. The van der Waals surface area contributed by atoms with Gasteiger partial charge in [-0.3, -0.25) is 4.68 Å². The number of hydrogen-bond acceptors (Lipinski definition) is 3. The molecular formula is C15H21F2N3O. The van der Waals surface area contributed by atoms with Crippen molar-refractivity contribution in [1.29, 1.82) is 0 Å². The quantitative estimate of drug-likeness (QED) is 0.762. The molecule has 1 atom stereocenters. The van der Waals surface area contributed by atoms with Gasteiger partial charge in [-0.2, -0.15) is 5.10 Å². The van der Waals surface area contributed by atoms with Gasteiger partial charge < -0.3 is 10.5 Å². The highest BCUT2D eigenvalue weighted by atomic mass is 19.3. The fourth-order valence-electron chi connectivity index (χ4n) is 2.35. The molecule has 1 aromatic heterocycles. The molecule has 21 heavy (non-hydrogen) atoms. The average molecular weight is 297 g/mol. The summed E-state index contributed by atoms with van der Waals surface area (Å²) in [5.41, 5.74) is 8.09. The van der Waals surface area contributed by atoms with E-state index in [1.54, 1.807) is 0 Å². The first-order valence-electron chi connectivity index (χ1n) is 7.17. The van der Waals surface area contributed by atoms with E-state index in [-0.39, 0.29) is 12.6 Å². The van der Waals surface area contributed by atoms with Gasteiger partial charge in [0.25, 0.3) is 6.43 Å². The predicted octanol–water partition coefficient (Wildman–Crippen LogP) is 2.60. The van der Waals surface area contributed by atoms with Crippen LogP contribution < -0.4 is 5.73 Å². The molecule has 1 aromatic carbocycles. The number of aromatic nitrogens is 2. The average Bonchev–Trinajstić information content (AvgIpc) is 2.82. The lowest BCUT2D eigenvalue weighted by Crippen LogP contribution is -2.25. The largest absolute Gasteiger partial charge is 0.375 e. The van der Waals surface area contributed by atoms with E-state index in [0.717, 1.165) is 23.1 Å². The monoisotopic (exact) mass is 297 g/mol. The number of hydrogen-bond donors (Lipinski definition) is 1. The van der Waals surface area contributed by atoms with E-state index < -0.39 is 13.0 Å². The minimum absolute atomic E-state index is 0.147. The van der Waals surface area contributed by atoms with Crippen molar-refractivity contribution in [1.82, 2.24) is 9.78 Å². The second kappa shape index (κ2) is 7.47. The summed E-state index contributed by atoms with van der Waals surface area (Å²) >= 11 is 0. The molecule has 0 amide bonds. The number of aryl methyl sites for hydroxylation is 1. The van der Waals surface area contributed by atoms with Crippen LogP contribution in [0.25, 0.3) is 10.9 Å². The van der Waals surface area contributed by atoms with Crippen LogP contribution >= 0.6 is 0 Å². The molecule has 0 saturated carbocycles. The summed E-state index contributed by atoms with van der Waals surface area (Å²) in [4.78, 5) is 0. The highest BCUT2D eigenvalue weighted by molar-refractivity contribution is 5.82. The van der Waals surface area contributed by atoms with Crippen LogP contribution in [0.3, 0.4) is 0 Å². The van der Waals surface area contributed by atoms with Gasteiger partial charge in [-0.25, -0.2) is 8.78 Å². The van der Waals surface area contributed by atoms with Crippen LogP contribution in [-0.4, -0.2) is 35.5 Å². The summed E-state index contributed by atoms with van der Waals surface area (Å²) in [5.74, 6) is 0. The zero-order chi connectivity index (χ0) is 15.2. The van der Waals surface area contributed by atoms with E-state index in [0.29, 0.717) is 12.8 Å². The van der Waals surface area contributed by atoms with E-state index in [9.17, 15) is 8.78 Å². The van der Waals surface area contributed by atoms with Crippen molar-refractivity contribution in [3.63, 3.8) is 0 Å². The van der Waals surface area contributed by atoms with Gasteiger partial charge in [0, 0.05) is 31.0 Å². The molecule has 0 bridgehead atoms. The van der Waals surface area contributed by atoms with Crippen LogP contribution in [0.5, 0.6) is 0 Å². The molecule has 116 valence electrons. The number of rotatable bonds is 8. The molecule has 2 N–H and O–H groups in total. The van der Waals surface area contributed by atoms with Crippen LogP contribution in [-0.2, 0) is 17.7 Å². The Hall–Kier alpha value is -1.53. The maximum absolute atomic E-state index is 12.0. The number of alkyl halides is 2. The molecule has 0 aliphatic carbocycles. The van der Waals surface area contributed by atoms with Crippen LogP contribution in [0.4, 0.5) is 8.78 Å². The lowest BCUT2D eigenvalue weighted by molar-refractivity contribution is 0.0152. The number of halogens is 2. The van der Waals surface area contributed by atoms with Crippen molar-refractivity contribution in [2.24, 2.45) is 5.73 Å². The first kappa shape index (κ1) is 15.9. The Morgan fingerprint density at radius 1 is 1.33 bits per heavy atom. The minimum atomic E-state index is -2.43. The lowest BCUT2D eigenvalue weighted by atomic mass is 10.1. The maximum Gasteiger partial charge on any atom is 0.261 e. The molecule has 6 heteroatoms. The van der Waals surface area contributed by atoms with E-state index >= 15 is 0 Å². The number of para-hydroxylation sites is 1. The first-order chi connectivity index (χ1) is 10.1. The maximum atomic E-state index is 12.0. The van der Waals surface area contributed by atoms with Crippen molar-refractivity contribution < 1.29 is 13.5 Å². The van der Waals surface area contributed by atoms with Gasteiger partial charge in [-0.15, -0.1) is 0 Å². The Bertz CT molecular complexity index is 571. The van der Waals surface area contributed by atoms with Crippen LogP contribution in [0.2, 0.25) is 0 Å². The first-order valence-corrected chi connectivity index (χ1v) is 7.17. The topological polar surface area (TPSA) is 53.1 Å². The summed E-state index contributed by atoms with van der Waals surface area (Å²) in [5, 5.41) is 5.68. The van der Waals surface area contributed by atoms with Crippen LogP contribution in [0.1, 0.15) is 19.0 Å². The second-order valence-electron chi connectivity index (χ2n) is 5.00. The van der Waals surface area contributed by atoms with Gasteiger partial charge in [0.15, 0.2) is 0 Å². The Morgan fingerprint density at radius 3 is 2.81 bits per heavy atom. The molecule has 1 heterocycles. The molecule has 0 saturated heterocycles. The summed E-state index contributed by atoms with van der Waals surface area (Å²) in [6.07, 6.45) is -1.27. The highest BCUT2D eigenvalue weighted by Crippen LogP contribution is 2.19. The van der Waals surface area contributed by atoms with Crippen molar-refractivity contribution in [3.05, 3.63) is 30.0 Å². The summed E-state index contributed by atoms with van der Waals surface area (Å²) in [6.45, 7) is 2.56. The molecule has 0 fully saturated rings. The van der Waals surface area contributed by atoms with Crippen molar-refractivity contribution >= 4 is 10.9 Å². The van der Waals surface area contributed by atoms with Gasteiger partial charge in [0.2, 0.25) is 0 Å². The zero-order valence-electron chi connectivity index (χ0n) is 12.1.